The van der Waals surface area contributed by atoms with Crippen molar-refractivity contribution in [1.29, 1.82) is 0 Å². The summed E-state index contributed by atoms with van der Waals surface area (Å²) in [5, 5.41) is 3.55. The molecule has 2 atom stereocenters. The summed E-state index contributed by atoms with van der Waals surface area (Å²) in [6, 6.07) is 4.28. The van der Waals surface area contributed by atoms with Crippen molar-refractivity contribution >= 4 is 0 Å². The molecule has 0 radical (unpaired) electrons. The third-order valence-electron chi connectivity index (χ3n) is 4.55. The average molecular weight is 260 g/mol. The summed E-state index contributed by atoms with van der Waals surface area (Å²) < 4.78 is 0. The van der Waals surface area contributed by atoms with Crippen molar-refractivity contribution < 1.29 is 0 Å². The van der Waals surface area contributed by atoms with Crippen molar-refractivity contribution in [1.82, 2.24) is 10.3 Å². The third kappa shape index (κ3) is 4.31. The van der Waals surface area contributed by atoms with Gasteiger partial charge in [0.1, 0.15) is 0 Å². The Morgan fingerprint density at radius 1 is 1.37 bits per heavy atom. The lowest BCUT2D eigenvalue weighted by Crippen LogP contribution is -2.37. The molecule has 1 aliphatic carbocycles. The maximum Gasteiger partial charge on any atom is 0.0299 e. The first-order valence-corrected chi connectivity index (χ1v) is 7.70. The highest BCUT2D eigenvalue weighted by atomic mass is 14.8. The van der Waals surface area contributed by atoms with Gasteiger partial charge in [-0.2, -0.15) is 0 Å². The van der Waals surface area contributed by atoms with Gasteiger partial charge >= 0.3 is 0 Å². The normalized spacial score (nSPS) is 26.3. The molecule has 1 fully saturated rings. The van der Waals surface area contributed by atoms with Crippen molar-refractivity contribution in [3.05, 3.63) is 30.1 Å². The molecule has 2 rings (SSSR count). The molecule has 2 unspecified atom stereocenters. The number of nitrogens with one attached hydrogen (secondary N) is 1. The quantitative estimate of drug-likeness (QED) is 0.873. The SMILES string of the molecule is CCNCC1CCC(C)(C)CC1Cc1cccnc1. The van der Waals surface area contributed by atoms with Crippen LogP contribution in [0.15, 0.2) is 24.5 Å². The van der Waals surface area contributed by atoms with E-state index in [2.05, 4.69) is 43.2 Å². The summed E-state index contributed by atoms with van der Waals surface area (Å²) in [5.74, 6) is 1.63. The fraction of sp³-hybridized carbons (Fsp3) is 0.706. The van der Waals surface area contributed by atoms with Gasteiger partial charge < -0.3 is 5.32 Å². The Balaban J connectivity index is 2.02. The van der Waals surface area contributed by atoms with E-state index >= 15 is 0 Å². The van der Waals surface area contributed by atoms with Crippen molar-refractivity contribution in [2.45, 2.75) is 46.5 Å². The molecule has 0 amide bonds. The zero-order valence-corrected chi connectivity index (χ0v) is 12.7. The van der Waals surface area contributed by atoms with Crippen LogP contribution in [0.4, 0.5) is 0 Å². The topological polar surface area (TPSA) is 24.9 Å². The van der Waals surface area contributed by atoms with E-state index in [1.807, 2.05) is 12.4 Å². The Morgan fingerprint density at radius 2 is 2.21 bits per heavy atom. The Bertz CT molecular complexity index is 372. The summed E-state index contributed by atoms with van der Waals surface area (Å²) in [4.78, 5) is 4.26. The Hall–Kier alpha value is -0.890. The minimum Gasteiger partial charge on any atom is -0.317 e. The fourth-order valence-corrected chi connectivity index (χ4v) is 3.45. The Morgan fingerprint density at radius 3 is 2.89 bits per heavy atom. The van der Waals surface area contributed by atoms with Gasteiger partial charge in [0.2, 0.25) is 0 Å². The van der Waals surface area contributed by atoms with E-state index in [-0.39, 0.29) is 0 Å². The van der Waals surface area contributed by atoms with Crippen LogP contribution in [0.2, 0.25) is 0 Å². The first-order chi connectivity index (χ1) is 9.11. The van der Waals surface area contributed by atoms with Crippen LogP contribution in [0.5, 0.6) is 0 Å². The maximum absolute atomic E-state index is 4.26. The van der Waals surface area contributed by atoms with Crippen LogP contribution < -0.4 is 5.32 Å². The highest BCUT2D eigenvalue weighted by Gasteiger charge is 2.34. The first kappa shape index (κ1) is 14.5. The molecule has 19 heavy (non-hydrogen) atoms. The summed E-state index contributed by atoms with van der Waals surface area (Å²) in [6.07, 6.45) is 9.17. The lowest BCUT2D eigenvalue weighted by atomic mass is 9.65. The fourth-order valence-electron chi connectivity index (χ4n) is 3.45. The van der Waals surface area contributed by atoms with Gasteiger partial charge in [-0.15, -0.1) is 0 Å². The molecule has 1 aromatic heterocycles. The molecular weight excluding hydrogens is 232 g/mol. The minimum atomic E-state index is 0.510. The maximum atomic E-state index is 4.26. The molecular formula is C17H28N2. The molecule has 0 bridgehead atoms. The molecule has 1 N–H and O–H groups in total. The number of aromatic nitrogens is 1. The molecule has 1 aromatic rings. The number of hydrogen-bond donors (Lipinski definition) is 1. The van der Waals surface area contributed by atoms with Crippen LogP contribution in [0.25, 0.3) is 0 Å². The zero-order chi connectivity index (χ0) is 13.7. The second-order valence-corrected chi connectivity index (χ2v) is 6.80. The van der Waals surface area contributed by atoms with E-state index in [4.69, 9.17) is 0 Å². The van der Waals surface area contributed by atoms with Gasteiger partial charge in [-0.25, -0.2) is 0 Å². The molecule has 2 nitrogen and oxygen atoms in total. The molecule has 106 valence electrons. The molecule has 0 aliphatic heterocycles. The highest BCUT2D eigenvalue weighted by molar-refractivity contribution is 5.10. The van der Waals surface area contributed by atoms with E-state index in [1.165, 1.54) is 37.8 Å². The van der Waals surface area contributed by atoms with Gasteiger partial charge in [0, 0.05) is 12.4 Å². The molecule has 2 heteroatoms. The summed E-state index contributed by atoms with van der Waals surface area (Å²) >= 11 is 0. The van der Waals surface area contributed by atoms with Crippen molar-refractivity contribution in [3.63, 3.8) is 0 Å². The van der Waals surface area contributed by atoms with Crippen molar-refractivity contribution in [2.24, 2.45) is 17.3 Å². The second kappa shape index (κ2) is 6.51. The zero-order valence-electron chi connectivity index (χ0n) is 12.7. The smallest absolute Gasteiger partial charge is 0.0299 e. The average Bonchev–Trinajstić information content (AvgIpc) is 2.38. The lowest BCUT2D eigenvalue weighted by Gasteiger charge is -2.41. The van der Waals surface area contributed by atoms with Gasteiger partial charge in [0.25, 0.3) is 0 Å². The number of rotatable bonds is 5. The van der Waals surface area contributed by atoms with Crippen LogP contribution in [-0.2, 0) is 6.42 Å². The van der Waals surface area contributed by atoms with Crippen LogP contribution >= 0.6 is 0 Å². The number of pyridine rings is 1. The minimum absolute atomic E-state index is 0.510. The molecule has 0 spiro atoms. The molecule has 1 heterocycles. The van der Waals surface area contributed by atoms with Crippen LogP contribution in [0.3, 0.4) is 0 Å². The summed E-state index contributed by atoms with van der Waals surface area (Å²) in [5.41, 5.74) is 1.90. The summed E-state index contributed by atoms with van der Waals surface area (Å²) in [6.45, 7) is 9.30. The molecule has 1 saturated carbocycles. The molecule has 0 saturated heterocycles. The lowest BCUT2D eigenvalue weighted by molar-refractivity contribution is 0.116. The Kier molecular flexibility index (Phi) is 4.98. The Labute approximate surface area is 118 Å². The largest absolute Gasteiger partial charge is 0.317 e. The van der Waals surface area contributed by atoms with Gasteiger partial charge in [-0.1, -0.05) is 26.8 Å². The van der Waals surface area contributed by atoms with Gasteiger partial charge in [-0.3, -0.25) is 4.98 Å². The second-order valence-electron chi connectivity index (χ2n) is 6.80. The van der Waals surface area contributed by atoms with E-state index in [1.54, 1.807) is 0 Å². The van der Waals surface area contributed by atoms with Crippen LogP contribution in [-0.4, -0.2) is 18.1 Å². The first-order valence-electron chi connectivity index (χ1n) is 7.70. The van der Waals surface area contributed by atoms with Crippen LogP contribution in [0.1, 0.15) is 45.6 Å². The van der Waals surface area contributed by atoms with Gasteiger partial charge in [-0.05, 0) is 67.7 Å². The third-order valence-corrected chi connectivity index (χ3v) is 4.55. The standard InChI is InChI=1S/C17H28N2/c1-4-18-13-15-7-8-17(2,3)11-16(15)10-14-6-5-9-19-12-14/h5-6,9,12,15-16,18H,4,7-8,10-11,13H2,1-3H3. The van der Waals surface area contributed by atoms with E-state index < -0.39 is 0 Å². The summed E-state index contributed by atoms with van der Waals surface area (Å²) in [7, 11) is 0. The van der Waals surface area contributed by atoms with E-state index in [0.717, 1.165) is 18.4 Å². The van der Waals surface area contributed by atoms with Crippen molar-refractivity contribution in [2.75, 3.05) is 13.1 Å². The van der Waals surface area contributed by atoms with E-state index in [0.29, 0.717) is 5.41 Å². The number of nitrogens with zero attached hydrogens (tertiary/aromatic N) is 1. The molecule has 1 aliphatic rings. The predicted molar refractivity (Wildman–Crippen MR) is 81.1 cm³/mol. The monoisotopic (exact) mass is 260 g/mol. The van der Waals surface area contributed by atoms with Crippen LogP contribution in [0, 0.1) is 17.3 Å². The predicted octanol–water partition coefficient (Wildman–Crippen LogP) is 3.68. The van der Waals surface area contributed by atoms with Gasteiger partial charge in [0.05, 0.1) is 0 Å². The highest BCUT2D eigenvalue weighted by Crippen LogP contribution is 2.42. The molecule has 0 aromatic carbocycles. The van der Waals surface area contributed by atoms with E-state index in [9.17, 15) is 0 Å². The van der Waals surface area contributed by atoms with Gasteiger partial charge in [0.15, 0.2) is 0 Å². The van der Waals surface area contributed by atoms with Crippen molar-refractivity contribution in [3.8, 4) is 0 Å². The number of hydrogen-bond acceptors (Lipinski definition) is 2.